The molecule has 2 aromatic rings. The number of alkyl halides is 3. The van der Waals surface area contributed by atoms with Gasteiger partial charge < -0.3 is 14.1 Å². The Hall–Kier alpha value is -3.03. The van der Waals surface area contributed by atoms with Gasteiger partial charge in [0.1, 0.15) is 0 Å². The highest BCUT2D eigenvalue weighted by Gasteiger charge is 2.50. The van der Waals surface area contributed by atoms with Crippen LogP contribution in [0.3, 0.4) is 0 Å². The van der Waals surface area contributed by atoms with E-state index in [0.29, 0.717) is 5.06 Å². The summed E-state index contributed by atoms with van der Waals surface area (Å²) in [5.74, 6) is -3.47. The number of piperidine rings is 1. The van der Waals surface area contributed by atoms with E-state index in [4.69, 9.17) is 9.57 Å². The summed E-state index contributed by atoms with van der Waals surface area (Å²) >= 11 is 0. The Morgan fingerprint density at radius 3 is 2.29 bits per heavy atom. The number of benzene rings is 1. The largest absolute Gasteiger partial charge is 0.471 e. The second-order valence-corrected chi connectivity index (χ2v) is 6.75. The lowest BCUT2D eigenvalue weighted by atomic mass is 9.87. The van der Waals surface area contributed by atoms with Gasteiger partial charge in [-0.3, -0.25) is 10.0 Å². The molecule has 1 amide bonds. The highest BCUT2D eigenvalue weighted by molar-refractivity contribution is 5.97. The van der Waals surface area contributed by atoms with Gasteiger partial charge in [0.2, 0.25) is 5.82 Å². The van der Waals surface area contributed by atoms with E-state index in [0.717, 1.165) is 7.11 Å². The second kappa shape index (κ2) is 8.61. The van der Waals surface area contributed by atoms with E-state index < -0.39 is 29.5 Å². The quantitative estimate of drug-likeness (QED) is 0.420. The predicted molar refractivity (Wildman–Crippen MR) is 95.3 cm³/mol. The molecule has 10 nitrogen and oxygen atoms in total. The van der Waals surface area contributed by atoms with Crippen molar-refractivity contribution in [2.75, 3.05) is 27.3 Å². The minimum Gasteiger partial charge on any atom is -0.467 e. The number of nitrogens with zero attached hydrogens (tertiary/aromatic N) is 4. The fraction of sp³-hybridized carbons (Fsp3) is 0.444. The number of esters is 1. The molecule has 1 aromatic carbocycles. The van der Waals surface area contributed by atoms with E-state index in [1.807, 2.05) is 0 Å². The number of hydroxylamine groups is 4. The number of halogens is 3. The number of carbonyl (C=O) groups excluding carboxylic acids is 2. The lowest BCUT2D eigenvalue weighted by molar-refractivity contribution is -0.211. The molecule has 1 aliphatic heterocycles. The molecular weight excluding hydrogens is 425 g/mol. The fourth-order valence-electron chi connectivity index (χ4n) is 3.27. The van der Waals surface area contributed by atoms with Crippen LogP contribution in [-0.2, 0) is 20.5 Å². The maximum absolute atomic E-state index is 12.8. The summed E-state index contributed by atoms with van der Waals surface area (Å²) in [7, 11) is 2.62. The maximum atomic E-state index is 12.8. The Bertz CT molecular complexity index is 939. The molecule has 1 fully saturated rings. The Labute approximate surface area is 174 Å². The maximum Gasteiger partial charge on any atom is 0.471 e. The van der Waals surface area contributed by atoms with Gasteiger partial charge in [0.15, 0.2) is 5.54 Å². The highest BCUT2D eigenvalue weighted by atomic mass is 19.4. The first-order valence-corrected chi connectivity index (χ1v) is 9.04. The SMILES string of the molecule is COC(=O)C1(N(O)C(=O)c2ccc(-c3noc(C(F)(F)F)n3)cc2)CCN(OC)CC1. The van der Waals surface area contributed by atoms with Gasteiger partial charge in [0.05, 0.1) is 14.2 Å². The fourth-order valence-corrected chi connectivity index (χ4v) is 3.27. The first-order chi connectivity index (χ1) is 14.6. The third-order valence-electron chi connectivity index (χ3n) is 5.03. The summed E-state index contributed by atoms with van der Waals surface area (Å²) in [5.41, 5.74) is -1.45. The zero-order chi connectivity index (χ0) is 22.8. The number of amides is 1. The molecule has 3 rings (SSSR count). The van der Waals surface area contributed by atoms with Crippen LogP contribution in [-0.4, -0.2) is 70.2 Å². The van der Waals surface area contributed by atoms with E-state index >= 15 is 0 Å². The predicted octanol–water partition coefficient (Wildman–Crippen LogP) is 2.16. The van der Waals surface area contributed by atoms with Crippen LogP contribution in [0.5, 0.6) is 0 Å². The third-order valence-corrected chi connectivity index (χ3v) is 5.03. The smallest absolute Gasteiger partial charge is 0.467 e. The molecule has 2 heterocycles. The number of ether oxygens (including phenoxy) is 1. The van der Waals surface area contributed by atoms with Gasteiger partial charge in [0, 0.05) is 24.2 Å². The molecule has 1 aliphatic rings. The molecule has 1 N–H and O–H groups in total. The summed E-state index contributed by atoms with van der Waals surface area (Å²) in [4.78, 5) is 33.6. The molecule has 0 saturated carbocycles. The van der Waals surface area contributed by atoms with E-state index in [-0.39, 0.29) is 42.9 Å². The zero-order valence-corrected chi connectivity index (χ0v) is 16.5. The molecular formula is C18H19F3N4O6. The normalized spacial score (nSPS) is 16.7. The van der Waals surface area contributed by atoms with Crippen molar-refractivity contribution in [1.82, 2.24) is 20.3 Å². The van der Waals surface area contributed by atoms with Crippen LogP contribution in [0.25, 0.3) is 11.4 Å². The topological polar surface area (TPSA) is 118 Å². The highest BCUT2D eigenvalue weighted by Crippen LogP contribution is 2.32. The number of methoxy groups -OCH3 is 1. The molecule has 0 radical (unpaired) electrons. The lowest BCUT2D eigenvalue weighted by Crippen LogP contribution is -2.61. The van der Waals surface area contributed by atoms with Crippen molar-refractivity contribution in [2.24, 2.45) is 0 Å². The molecule has 168 valence electrons. The molecule has 0 unspecified atom stereocenters. The summed E-state index contributed by atoms with van der Waals surface area (Å²) in [6.45, 7) is 0.544. The average molecular weight is 444 g/mol. The average Bonchev–Trinajstić information content (AvgIpc) is 3.28. The summed E-state index contributed by atoms with van der Waals surface area (Å²) in [6.07, 6.45) is -4.65. The van der Waals surface area contributed by atoms with Crippen molar-refractivity contribution >= 4 is 11.9 Å². The monoisotopic (exact) mass is 444 g/mol. The molecule has 31 heavy (non-hydrogen) atoms. The molecule has 1 aromatic heterocycles. The van der Waals surface area contributed by atoms with Crippen molar-refractivity contribution in [1.29, 1.82) is 0 Å². The Morgan fingerprint density at radius 2 is 1.81 bits per heavy atom. The van der Waals surface area contributed by atoms with E-state index in [1.54, 1.807) is 5.06 Å². The van der Waals surface area contributed by atoms with Gasteiger partial charge >= 0.3 is 18.0 Å². The first kappa shape index (κ1) is 22.7. The van der Waals surface area contributed by atoms with Crippen LogP contribution in [0.2, 0.25) is 0 Å². The van der Waals surface area contributed by atoms with Gasteiger partial charge in [-0.05, 0) is 25.0 Å². The van der Waals surface area contributed by atoms with Gasteiger partial charge in [0.25, 0.3) is 5.91 Å². The van der Waals surface area contributed by atoms with Gasteiger partial charge in [-0.15, -0.1) is 0 Å². The van der Waals surface area contributed by atoms with Crippen LogP contribution < -0.4 is 0 Å². The number of carbonyl (C=O) groups is 2. The minimum atomic E-state index is -4.78. The summed E-state index contributed by atoms with van der Waals surface area (Å²) in [6, 6.07) is 5.12. The Balaban J connectivity index is 1.81. The zero-order valence-electron chi connectivity index (χ0n) is 16.5. The molecule has 0 spiro atoms. The second-order valence-electron chi connectivity index (χ2n) is 6.75. The third kappa shape index (κ3) is 4.38. The minimum absolute atomic E-state index is 0.0109. The molecule has 1 saturated heterocycles. The lowest BCUT2D eigenvalue weighted by Gasteiger charge is -2.42. The van der Waals surface area contributed by atoms with E-state index in [9.17, 15) is 28.0 Å². The van der Waals surface area contributed by atoms with E-state index in [2.05, 4.69) is 14.7 Å². The number of aromatic nitrogens is 2. The molecule has 13 heteroatoms. The van der Waals surface area contributed by atoms with Gasteiger partial charge in [-0.25, -0.2) is 9.86 Å². The van der Waals surface area contributed by atoms with Crippen molar-refractivity contribution in [3.8, 4) is 11.4 Å². The standard InChI is InChI=1S/C18H19F3N4O6/c1-29-16(27)17(7-9-24(30-2)10-8-17)25(28)14(26)12-5-3-11(4-6-12)13-22-15(31-23-13)18(19,20)21/h3-6,28H,7-10H2,1-2H3. The van der Waals surface area contributed by atoms with Gasteiger partial charge in [-0.1, -0.05) is 17.3 Å². The van der Waals surface area contributed by atoms with Crippen LogP contribution in [0.15, 0.2) is 28.8 Å². The number of rotatable bonds is 5. The summed E-state index contributed by atoms with van der Waals surface area (Å²) in [5, 5.41) is 15.8. The number of hydrogen-bond donors (Lipinski definition) is 1. The Kier molecular flexibility index (Phi) is 6.29. The molecule has 0 aliphatic carbocycles. The van der Waals surface area contributed by atoms with Crippen LogP contribution in [0.1, 0.15) is 29.1 Å². The van der Waals surface area contributed by atoms with Crippen LogP contribution in [0.4, 0.5) is 13.2 Å². The van der Waals surface area contributed by atoms with Crippen molar-refractivity contribution in [2.45, 2.75) is 24.6 Å². The molecule has 0 atom stereocenters. The van der Waals surface area contributed by atoms with Gasteiger partial charge in [-0.2, -0.15) is 23.2 Å². The Morgan fingerprint density at radius 1 is 1.19 bits per heavy atom. The number of hydrogen-bond acceptors (Lipinski definition) is 9. The van der Waals surface area contributed by atoms with Crippen molar-refractivity contribution < 1.29 is 42.1 Å². The van der Waals surface area contributed by atoms with Crippen LogP contribution in [0, 0.1) is 0 Å². The van der Waals surface area contributed by atoms with E-state index in [1.165, 1.54) is 31.4 Å². The molecule has 0 bridgehead atoms. The first-order valence-electron chi connectivity index (χ1n) is 9.04. The van der Waals surface area contributed by atoms with Crippen molar-refractivity contribution in [3.63, 3.8) is 0 Å². The van der Waals surface area contributed by atoms with Crippen molar-refractivity contribution in [3.05, 3.63) is 35.7 Å². The summed E-state index contributed by atoms with van der Waals surface area (Å²) < 4.78 is 46.8. The van der Waals surface area contributed by atoms with Crippen LogP contribution >= 0.6 is 0 Å².